The predicted octanol–water partition coefficient (Wildman–Crippen LogP) is 4.92. The number of carbonyl (C=O) groups excluding carboxylic acids is 1. The highest BCUT2D eigenvalue weighted by molar-refractivity contribution is 7.58. The van der Waals surface area contributed by atoms with E-state index in [-0.39, 0.29) is 35.7 Å². The Bertz CT molecular complexity index is 1160. The molecule has 2 N–H and O–H groups in total. The molecule has 33 heavy (non-hydrogen) atoms. The summed E-state index contributed by atoms with van der Waals surface area (Å²) >= 11 is 0. The van der Waals surface area contributed by atoms with Crippen LogP contribution in [0.4, 0.5) is 0 Å². The van der Waals surface area contributed by atoms with Crippen LogP contribution in [-0.4, -0.2) is 26.3 Å². The number of ether oxygens (including phenoxy) is 2. The number of esters is 1. The number of allylic oxidation sites excluding steroid dienone is 2. The van der Waals surface area contributed by atoms with Crippen molar-refractivity contribution >= 4 is 19.3 Å². The maximum atomic E-state index is 14.1. The molecule has 1 aliphatic heterocycles. The smallest absolute Gasteiger partial charge is 0.362 e. The maximum absolute atomic E-state index is 14.1. The van der Waals surface area contributed by atoms with Crippen molar-refractivity contribution in [1.82, 2.24) is 0 Å². The van der Waals surface area contributed by atoms with Crippen molar-refractivity contribution in [3.63, 3.8) is 0 Å². The van der Waals surface area contributed by atoms with Crippen LogP contribution in [0.3, 0.4) is 0 Å². The van der Waals surface area contributed by atoms with Crippen LogP contribution in [0.2, 0.25) is 0 Å². The summed E-state index contributed by atoms with van der Waals surface area (Å²) in [6.07, 6.45) is 0. The highest BCUT2D eigenvalue weighted by Crippen LogP contribution is 2.65. The zero-order chi connectivity index (χ0) is 24.0. The van der Waals surface area contributed by atoms with Crippen LogP contribution in [0.15, 0.2) is 71.4 Å². The van der Waals surface area contributed by atoms with Crippen molar-refractivity contribution in [2.75, 3.05) is 20.3 Å². The quantitative estimate of drug-likeness (QED) is 0.428. The number of carbonyl (C=O) groups is 1. The van der Waals surface area contributed by atoms with Gasteiger partial charge < -0.3 is 24.3 Å². The minimum Gasteiger partial charge on any atom is -0.465 e. The van der Waals surface area contributed by atoms with Crippen LogP contribution in [0.5, 0.6) is 0 Å². The second-order valence-corrected chi connectivity index (χ2v) is 8.94. The second-order valence-electron chi connectivity index (χ2n) is 6.95. The summed E-state index contributed by atoms with van der Waals surface area (Å²) in [5.41, 5.74) is 7.71. The first-order valence-corrected chi connectivity index (χ1v) is 11.9. The van der Waals surface area contributed by atoms with Crippen molar-refractivity contribution in [2.45, 2.75) is 19.8 Å². The Morgan fingerprint density at radius 1 is 1.09 bits per heavy atom. The van der Waals surface area contributed by atoms with Crippen molar-refractivity contribution in [3.05, 3.63) is 88.1 Å². The van der Waals surface area contributed by atoms with E-state index in [0.717, 1.165) is 0 Å². The molecule has 0 saturated carbocycles. The van der Waals surface area contributed by atoms with E-state index >= 15 is 0 Å². The average Bonchev–Trinajstić information content (AvgIpc) is 2.83. The minimum absolute atomic E-state index is 0.0649. The van der Waals surface area contributed by atoms with Gasteiger partial charge in [0.15, 0.2) is 0 Å². The Morgan fingerprint density at radius 2 is 1.70 bits per heavy atom. The summed E-state index contributed by atoms with van der Waals surface area (Å²) in [6, 6.07) is 17.5. The fraction of sp³-hybridized carbons (Fsp3) is 0.250. The lowest BCUT2D eigenvalue weighted by molar-refractivity contribution is 0.0600. The van der Waals surface area contributed by atoms with Crippen molar-refractivity contribution in [2.24, 2.45) is 5.73 Å². The number of hydrogen-bond donors (Lipinski definition) is 1. The maximum Gasteiger partial charge on any atom is 0.362 e. The number of benzene rings is 2. The molecular weight excluding hydrogens is 443 g/mol. The highest BCUT2D eigenvalue weighted by atomic mass is 31.2. The summed E-state index contributed by atoms with van der Waals surface area (Å²) in [4.78, 5) is 11.9. The molecule has 0 amide bonds. The van der Waals surface area contributed by atoms with E-state index < -0.39 is 19.5 Å². The number of rotatable bonds is 8. The molecule has 9 heteroatoms. The molecule has 0 bridgehead atoms. The molecular formula is C24H25N2O6P. The van der Waals surface area contributed by atoms with Gasteiger partial charge in [0.25, 0.3) is 0 Å². The normalized spacial score (nSPS) is 16.2. The van der Waals surface area contributed by atoms with Crippen LogP contribution in [-0.2, 0) is 23.1 Å². The molecule has 1 heterocycles. The fourth-order valence-corrected chi connectivity index (χ4v) is 5.65. The molecule has 172 valence electrons. The van der Waals surface area contributed by atoms with Gasteiger partial charge in [-0.05, 0) is 31.5 Å². The van der Waals surface area contributed by atoms with E-state index in [1.165, 1.54) is 7.11 Å². The number of nitriles is 1. The standard InChI is InChI=1S/C24H25N2O6P/c1-4-30-33(28,31-5-2)22-20(16-11-13-18(14-12-16)24(27)29-3)19(15-25)23(26)32-21(22)17-9-7-6-8-10-17/h6-14,20H,4-5,26H2,1-3H3/t20-/m1/s1. The highest BCUT2D eigenvalue weighted by Gasteiger charge is 2.45. The van der Waals surface area contributed by atoms with Crippen molar-refractivity contribution in [3.8, 4) is 6.07 Å². The largest absolute Gasteiger partial charge is 0.465 e. The molecule has 0 spiro atoms. The number of methoxy groups -OCH3 is 1. The van der Waals surface area contributed by atoms with Gasteiger partial charge in [-0.3, -0.25) is 4.57 Å². The van der Waals surface area contributed by atoms with E-state index in [1.54, 1.807) is 62.4 Å². The molecule has 1 atom stereocenters. The zero-order valence-corrected chi connectivity index (χ0v) is 19.5. The molecule has 0 unspecified atom stereocenters. The van der Waals surface area contributed by atoms with Crippen LogP contribution >= 0.6 is 7.60 Å². The fourth-order valence-electron chi connectivity index (χ4n) is 3.60. The molecule has 1 aliphatic rings. The molecule has 0 aromatic heterocycles. The van der Waals surface area contributed by atoms with Gasteiger partial charge in [0.05, 0.1) is 37.1 Å². The number of nitrogens with two attached hydrogens (primary N) is 1. The number of nitrogens with zero attached hydrogens (tertiary/aromatic N) is 1. The predicted molar refractivity (Wildman–Crippen MR) is 123 cm³/mol. The first kappa shape index (κ1) is 24.3. The van der Waals surface area contributed by atoms with Crippen molar-refractivity contribution < 1.29 is 27.9 Å². The van der Waals surface area contributed by atoms with Gasteiger partial charge in [-0.25, -0.2) is 4.79 Å². The van der Waals surface area contributed by atoms with E-state index in [1.807, 2.05) is 6.07 Å². The summed E-state index contributed by atoms with van der Waals surface area (Å²) in [5, 5.41) is 10.1. The molecule has 0 saturated heterocycles. The van der Waals surface area contributed by atoms with Gasteiger partial charge >= 0.3 is 13.6 Å². The van der Waals surface area contributed by atoms with Gasteiger partial charge in [0.2, 0.25) is 5.88 Å². The Balaban J connectivity index is 2.32. The monoisotopic (exact) mass is 468 g/mol. The van der Waals surface area contributed by atoms with Gasteiger partial charge in [0.1, 0.15) is 17.4 Å². The Kier molecular flexibility index (Phi) is 7.72. The van der Waals surface area contributed by atoms with Gasteiger partial charge in [-0.15, -0.1) is 0 Å². The third kappa shape index (κ3) is 4.86. The average molecular weight is 468 g/mol. The van der Waals surface area contributed by atoms with Crippen LogP contribution in [0.1, 0.15) is 41.3 Å². The first-order chi connectivity index (χ1) is 15.9. The van der Waals surface area contributed by atoms with E-state index in [9.17, 15) is 14.6 Å². The van der Waals surface area contributed by atoms with Crippen molar-refractivity contribution in [1.29, 1.82) is 5.26 Å². The Labute approximate surface area is 192 Å². The summed E-state index contributed by atoms with van der Waals surface area (Å²) in [6.45, 7) is 3.62. The third-order valence-electron chi connectivity index (χ3n) is 4.99. The third-order valence-corrected chi connectivity index (χ3v) is 7.23. The van der Waals surface area contributed by atoms with Gasteiger partial charge in [0, 0.05) is 5.56 Å². The van der Waals surface area contributed by atoms with Gasteiger partial charge in [-0.2, -0.15) is 5.26 Å². The van der Waals surface area contributed by atoms with Crippen LogP contribution in [0.25, 0.3) is 5.76 Å². The molecule has 0 radical (unpaired) electrons. The molecule has 0 aliphatic carbocycles. The van der Waals surface area contributed by atoms with Crippen LogP contribution in [0, 0.1) is 11.3 Å². The molecule has 2 aromatic carbocycles. The molecule has 2 aromatic rings. The first-order valence-electron chi connectivity index (χ1n) is 10.3. The molecule has 0 fully saturated rings. The second kappa shape index (κ2) is 10.5. The SMILES string of the molecule is CCOP(=O)(OCC)C1=C(c2ccccc2)OC(N)=C(C#N)[C@H]1c1ccc(C(=O)OC)cc1. The van der Waals surface area contributed by atoms with E-state index in [2.05, 4.69) is 6.07 Å². The summed E-state index contributed by atoms with van der Waals surface area (Å²) in [5.74, 6) is -1.28. The Morgan fingerprint density at radius 3 is 2.21 bits per heavy atom. The summed E-state index contributed by atoms with van der Waals surface area (Å²) < 4.78 is 36.1. The van der Waals surface area contributed by atoms with Crippen LogP contribution < -0.4 is 5.73 Å². The topological polar surface area (TPSA) is 121 Å². The lowest BCUT2D eigenvalue weighted by Gasteiger charge is -2.32. The van der Waals surface area contributed by atoms with Gasteiger partial charge in [-0.1, -0.05) is 42.5 Å². The lowest BCUT2D eigenvalue weighted by Crippen LogP contribution is -2.22. The minimum atomic E-state index is -3.93. The Hall–Kier alpha value is -3.37. The van der Waals surface area contributed by atoms with E-state index in [4.69, 9.17) is 24.3 Å². The number of hydrogen-bond acceptors (Lipinski definition) is 8. The lowest BCUT2D eigenvalue weighted by atomic mass is 9.88. The molecule has 3 rings (SSSR count). The summed E-state index contributed by atoms with van der Waals surface area (Å²) in [7, 11) is -2.64. The zero-order valence-electron chi connectivity index (χ0n) is 18.6. The molecule has 8 nitrogen and oxygen atoms in total. The van der Waals surface area contributed by atoms with E-state index in [0.29, 0.717) is 16.7 Å².